The Balaban J connectivity index is 1.86. The van der Waals surface area contributed by atoms with E-state index in [1.165, 1.54) is 24.8 Å². The van der Waals surface area contributed by atoms with Gasteiger partial charge in [-0.2, -0.15) is 0 Å². The Bertz CT molecular complexity index is 371. The largest absolute Gasteiger partial charge is 0.468 e. The minimum absolute atomic E-state index is 0.753. The maximum absolute atomic E-state index is 5.68. The molecule has 2 rings (SSSR count). The number of nitrogens with one attached hydrogen (secondary N) is 1. The molecule has 1 aliphatic rings. The molecule has 1 unspecified atom stereocenters. The van der Waals surface area contributed by atoms with Crippen molar-refractivity contribution in [2.24, 2.45) is 5.92 Å². The lowest BCUT2D eigenvalue weighted by Gasteiger charge is -2.23. The van der Waals surface area contributed by atoms with Crippen LogP contribution in [0, 0.1) is 5.92 Å². The summed E-state index contributed by atoms with van der Waals surface area (Å²) in [5.41, 5.74) is 1.33. The molecule has 3 heteroatoms. The highest BCUT2D eigenvalue weighted by molar-refractivity contribution is 5.17. The maximum Gasteiger partial charge on any atom is 0.122 e. The minimum atomic E-state index is 0.753. The molecule has 0 radical (unpaired) electrons. The average molecular weight is 264 g/mol. The summed E-state index contributed by atoms with van der Waals surface area (Å²) in [6.45, 7) is 10.9. The molecule has 108 valence electrons. The van der Waals surface area contributed by atoms with E-state index in [-0.39, 0.29) is 0 Å². The highest BCUT2D eigenvalue weighted by Gasteiger charge is 2.21. The van der Waals surface area contributed by atoms with Gasteiger partial charge in [0, 0.05) is 24.7 Å². The standard InChI is InChI=1S/C16H28N2O/c1-4-13(3)11-18(5-2)12-16-14(8-9-19-16)10-17-15-6-7-15/h8-9,13,15,17H,4-7,10-12H2,1-3H3. The SMILES string of the molecule is CCC(C)CN(CC)Cc1occc1CNC1CC1. The van der Waals surface area contributed by atoms with Gasteiger partial charge in [0.1, 0.15) is 5.76 Å². The van der Waals surface area contributed by atoms with Crippen LogP contribution in [-0.4, -0.2) is 24.0 Å². The highest BCUT2D eigenvalue weighted by atomic mass is 16.3. The fraction of sp³-hybridized carbons (Fsp3) is 0.750. The number of nitrogens with zero attached hydrogens (tertiary/aromatic N) is 1. The second-order valence-corrected chi connectivity index (χ2v) is 5.87. The number of hydrogen-bond acceptors (Lipinski definition) is 3. The van der Waals surface area contributed by atoms with Crippen molar-refractivity contribution in [2.45, 2.75) is 59.2 Å². The van der Waals surface area contributed by atoms with E-state index < -0.39 is 0 Å². The predicted octanol–water partition coefficient (Wildman–Crippen LogP) is 3.40. The molecule has 1 aromatic rings. The van der Waals surface area contributed by atoms with Crippen molar-refractivity contribution in [2.75, 3.05) is 13.1 Å². The maximum atomic E-state index is 5.68. The Morgan fingerprint density at radius 2 is 2.21 bits per heavy atom. The van der Waals surface area contributed by atoms with Crippen LogP contribution in [0.4, 0.5) is 0 Å². The van der Waals surface area contributed by atoms with Crippen molar-refractivity contribution >= 4 is 0 Å². The first-order chi connectivity index (χ1) is 9.22. The third kappa shape index (κ3) is 4.66. The van der Waals surface area contributed by atoms with Gasteiger partial charge in [-0.05, 0) is 31.4 Å². The molecule has 0 bridgehead atoms. The smallest absolute Gasteiger partial charge is 0.122 e. The Labute approximate surface area is 117 Å². The lowest BCUT2D eigenvalue weighted by molar-refractivity contribution is 0.219. The average Bonchev–Trinajstić information content (AvgIpc) is 3.15. The van der Waals surface area contributed by atoms with Crippen LogP contribution in [-0.2, 0) is 13.1 Å². The van der Waals surface area contributed by atoms with Crippen molar-refractivity contribution in [3.05, 3.63) is 23.7 Å². The molecule has 0 aliphatic heterocycles. The van der Waals surface area contributed by atoms with E-state index in [4.69, 9.17) is 4.42 Å². The Morgan fingerprint density at radius 3 is 2.84 bits per heavy atom. The zero-order valence-corrected chi connectivity index (χ0v) is 12.6. The summed E-state index contributed by atoms with van der Waals surface area (Å²) in [4.78, 5) is 2.48. The van der Waals surface area contributed by atoms with E-state index in [1.54, 1.807) is 0 Å². The van der Waals surface area contributed by atoms with E-state index >= 15 is 0 Å². The summed E-state index contributed by atoms with van der Waals surface area (Å²) in [5, 5.41) is 3.56. The van der Waals surface area contributed by atoms with Crippen LogP contribution in [0.2, 0.25) is 0 Å². The van der Waals surface area contributed by atoms with Gasteiger partial charge in [0.15, 0.2) is 0 Å². The van der Waals surface area contributed by atoms with Crippen molar-refractivity contribution < 1.29 is 4.42 Å². The van der Waals surface area contributed by atoms with Crippen molar-refractivity contribution in [1.82, 2.24) is 10.2 Å². The summed E-state index contributed by atoms with van der Waals surface area (Å²) in [6.07, 6.45) is 5.74. The fourth-order valence-corrected chi connectivity index (χ4v) is 2.28. The van der Waals surface area contributed by atoms with Gasteiger partial charge in [-0.3, -0.25) is 4.90 Å². The van der Waals surface area contributed by atoms with E-state index in [0.717, 1.165) is 43.9 Å². The minimum Gasteiger partial charge on any atom is -0.468 e. The monoisotopic (exact) mass is 264 g/mol. The first-order valence-electron chi connectivity index (χ1n) is 7.73. The molecular weight excluding hydrogens is 236 g/mol. The van der Waals surface area contributed by atoms with Gasteiger partial charge in [-0.15, -0.1) is 0 Å². The van der Waals surface area contributed by atoms with Crippen LogP contribution in [0.3, 0.4) is 0 Å². The zero-order chi connectivity index (χ0) is 13.7. The first-order valence-corrected chi connectivity index (χ1v) is 7.73. The van der Waals surface area contributed by atoms with Gasteiger partial charge < -0.3 is 9.73 Å². The summed E-state index contributed by atoms with van der Waals surface area (Å²) in [7, 11) is 0. The summed E-state index contributed by atoms with van der Waals surface area (Å²) < 4.78 is 5.68. The summed E-state index contributed by atoms with van der Waals surface area (Å²) >= 11 is 0. The molecule has 1 atom stereocenters. The molecule has 0 amide bonds. The van der Waals surface area contributed by atoms with Crippen LogP contribution in [0.5, 0.6) is 0 Å². The Kier molecular flexibility index (Phi) is 5.46. The normalized spacial score (nSPS) is 17.1. The number of furan rings is 1. The molecule has 1 N–H and O–H groups in total. The van der Waals surface area contributed by atoms with Crippen LogP contribution < -0.4 is 5.32 Å². The van der Waals surface area contributed by atoms with E-state index in [9.17, 15) is 0 Å². The quantitative estimate of drug-likeness (QED) is 0.741. The molecule has 0 aromatic carbocycles. The van der Waals surface area contributed by atoms with E-state index in [1.807, 2.05) is 6.26 Å². The van der Waals surface area contributed by atoms with Gasteiger partial charge in [0.2, 0.25) is 0 Å². The molecule has 1 aromatic heterocycles. The second kappa shape index (κ2) is 7.11. The highest BCUT2D eigenvalue weighted by Crippen LogP contribution is 2.21. The lowest BCUT2D eigenvalue weighted by atomic mass is 10.1. The predicted molar refractivity (Wildman–Crippen MR) is 79.0 cm³/mol. The fourth-order valence-electron chi connectivity index (χ4n) is 2.28. The Hall–Kier alpha value is -0.800. The molecular formula is C16H28N2O. The van der Waals surface area contributed by atoms with Crippen LogP contribution in [0.15, 0.2) is 16.7 Å². The molecule has 1 saturated carbocycles. The topological polar surface area (TPSA) is 28.4 Å². The molecule has 1 heterocycles. The van der Waals surface area contributed by atoms with Crippen molar-refractivity contribution in [3.63, 3.8) is 0 Å². The molecule has 1 aliphatic carbocycles. The van der Waals surface area contributed by atoms with Gasteiger partial charge in [0.05, 0.1) is 12.8 Å². The van der Waals surface area contributed by atoms with Crippen molar-refractivity contribution in [3.8, 4) is 0 Å². The van der Waals surface area contributed by atoms with Gasteiger partial charge in [0.25, 0.3) is 0 Å². The van der Waals surface area contributed by atoms with Gasteiger partial charge in [-0.25, -0.2) is 0 Å². The van der Waals surface area contributed by atoms with Crippen LogP contribution in [0.25, 0.3) is 0 Å². The van der Waals surface area contributed by atoms with Gasteiger partial charge >= 0.3 is 0 Å². The molecule has 3 nitrogen and oxygen atoms in total. The number of rotatable bonds is 9. The lowest BCUT2D eigenvalue weighted by Crippen LogP contribution is -2.28. The molecule has 0 saturated heterocycles. The van der Waals surface area contributed by atoms with Gasteiger partial charge in [-0.1, -0.05) is 27.2 Å². The summed E-state index contributed by atoms with van der Waals surface area (Å²) in [6, 6.07) is 2.87. The third-order valence-corrected chi connectivity index (χ3v) is 4.08. The molecule has 0 spiro atoms. The van der Waals surface area contributed by atoms with Crippen LogP contribution in [0.1, 0.15) is 51.4 Å². The Morgan fingerprint density at radius 1 is 1.42 bits per heavy atom. The van der Waals surface area contributed by atoms with Crippen molar-refractivity contribution in [1.29, 1.82) is 0 Å². The summed E-state index contributed by atoms with van der Waals surface area (Å²) in [5.74, 6) is 1.89. The van der Waals surface area contributed by atoms with E-state index in [2.05, 4.69) is 37.1 Å². The van der Waals surface area contributed by atoms with Crippen LogP contribution >= 0.6 is 0 Å². The number of hydrogen-bond donors (Lipinski definition) is 1. The third-order valence-electron chi connectivity index (χ3n) is 4.08. The zero-order valence-electron chi connectivity index (χ0n) is 12.6. The molecule has 19 heavy (non-hydrogen) atoms. The first kappa shape index (κ1) is 14.6. The second-order valence-electron chi connectivity index (χ2n) is 5.87. The van der Waals surface area contributed by atoms with E-state index in [0.29, 0.717) is 0 Å². The molecule has 1 fully saturated rings.